The summed E-state index contributed by atoms with van der Waals surface area (Å²) in [5, 5.41) is 2.76. The molecule has 0 saturated carbocycles. The molecule has 0 aromatic carbocycles. The van der Waals surface area contributed by atoms with Crippen molar-refractivity contribution in [2.24, 2.45) is 5.73 Å². The van der Waals surface area contributed by atoms with Crippen LogP contribution in [0.25, 0.3) is 0 Å². The Morgan fingerprint density at radius 1 is 1.13 bits per heavy atom. The zero-order chi connectivity index (χ0) is 17.0. The molecule has 0 aliphatic carbocycles. The number of carbonyl (C=O) groups excluding carboxylic acids is 3. The SMILES string of the molecule is NC(=O)N1CCN(C(=O)CC(=O)Nc2ccc(Cl)nc2Cl)CC1. The Morgan fingerprint density at radius 3 is 2.30 bits per heavy atom. The van der Waals surface area contributed by atoms with Gasteiger partial charge in [0.2, 0.25) is 11.8 Å². The number of primary amides is 1. The Kier molecular flexibility index (Phi) is 5.62. The maximum Gasteiger partial charge on any atom is 0.314 e. The van der Waals surface area contributed by atoms with Crippen LogP contribution in [0.4, 0.5) is 10.5 Å². The Hall–Kier alpha value is -2.06. The highest BCUT2D eigenvalue weighted by Crippen LogP contribution is 2.21. The van der Waals surface area contributed by atoms with Crippen molar-refractivity contribution < 1.29 is 14.4 Å². The number of hydrogen-bond donors (Lipinski definition) is 2. The number of carbonyl (C=O) groups is 3. The Labute approximate surface area is 142 Å². The van der Waals surface area contributed by atoms with Gasteiger partial charge < -0.3 is 20.9 Å². The van der Waals surface area contributed by atoms with Gasteiger partial charge in [-0.3, -0.25) is 9.59 Å². The molecular formula is C13H15Cl2N5O3. The van der Waals surface area contributed by atoms with Gasteiger partial charge in [-0.05, 0) is 12.1 Å². The van der Waals surface area contributed by atoms with Gasteiger partial charge in [0.25, 0.3) is 0 Å². The molecule has 1 fully saturated rings. The summed E-state index contributed by atoms with van der Waals surface area (Å²) in [6.45, 7) is 1.40. The van der Waals surface area contributed by atoms with Crippen LogP contribution in [0, 0.1) is 0 Å². The summed E-state index contributed by atoms with van der Waals surface area (Å²) in [5.41, 5.74) is 5.46. The molecular weight excluding hydrogens is 345 g/mol. The van der Waals surface area contributed by atoms with Gasteiger partial charge in [0, 0.05) is 26.2 Å². The van der Waals surface area contributed by atoms with Gasteiger partial charge in [-0.2, -0.15) is 0 Å². The van der Waals surface area contributed by atoms with Gasteiger partial charge in [-0.15, -0.1) is 0 Å². The molecule has 1 aromatic rings. The van der Waals surface area contributed by atoms with Crippen LogP contribution in [-0.4, -0.2) is 58.8 Å². The molecule has 1 saturated heterocycles. The summed E-state index contributed by atoms with van der Waals surface area (Å²) in [4.78, 5) is 41.8. The molecule has 1 aliphatic heterocycles. The second-order valence-corrected chi connectivity index (χ2v) is 5.65. The van der Waals surface area contributed by atoms with E-state index in [-0.39, 0.29) is 28.3 Å². The number of nitrogens with two attached hydrogens (primary N) is 1. The summed E-state index contributed by atoms with van der Waals surface area (Å²) < 4.78 is 0. The number of aromatic nitrogens is 1. The van der Waals surface area contributed by atoms with Crippen LogP contribution in [0.15, 0.2) is 12.1 Å². The lowest BCUT2D eigenvalue weighted by Gasteiger charge is -2.33. The molecule has 0 atom stereocenters. The lowest BCUT2D eigenvalue weighted by atomic mass is 10.2. The van der Waals surface area contributed by atoms with E-state index in [1.807, 2.05) is 0 Å². The van der Waals surface area contributed by atoms with Crippen LogP contribution < -0.4 is 11.1 Å². The van der Waals surface area contributed by atoms with Gasteiger partial charge in [0.1, 0.15) is 11.6 Å². The second-order valence-electron chi connectivity index (χ2n) is 4.90. The number of urea groups is 1. The van der Waals surface area contributed by atoms with E-state index in [1.54, 1.807) is 0 Å². The number of rotatable bonds is 3. The number of anilines is 1. The molecule has 0 spiro atoms. The lowest BCUT2D eigenvalue weighted by Crippen LogP contribution is -2.52. The summed E-state index contributed by atoms with van der Waals surface area (Å²) >= 11 is 11.5. The first-order chi connectivity index (χ1) is 10.9. The second kappa shape index (κ2) is 7.47. The molecule has 0 unspecified atom stereocenters. The number of pyridine rings is 1. The zero-order valence-electron chi connectivity index (χ0n) is 12.1. The van der Waals surface area contributed by atoms with Crippen molar-refractivity contribution in [3.05, 3.63) is 22.4 Å². The number of amides is 4. The Balaban J connectivity index is 1.85. The van der Waals surface area contributed by atoms with E-state index in [9.17, 15) is 14.4 Å². The van der Waals surface area contributed by atoms with Gasteiger partial charge in [-0.25, -0.2) is 9.78 Å². The number of halogens is 2. The van der Waals surface area contributed by atoms with E-state index < -0.39 is 11.9 Å². The van der Waals surface area contributed by atoms with Crippen molar-refractivity contribution in [3.8, 4) is 0 Å². The first-order valence-electron chi connectivity index (χ1n) is 6.81. The maximum atomic E-state index is 12.1. The van der Waals surface area contributed by atoms with Crippen LogP contribution in [0.5, 0.6) is 0 Å². The third kappa shape index (κ3) is 4.70. The first-order valence-corrected chi connectivity index (χ1v) is 7.56. The minimum Gasteiger partial charge on any atom is -0.351 e. The average Bonchev–Trinajstić information content (AvgIpc) is 2.50. The first kappa shape index (κ1) is 17.3. The van der Waals surface area contributed by atoms with Crippen molar-refractivity contribution in [1.82, 2.24) is 14.8 Å². The highest BCUT2D eigenvalue weighted by Gasteiger charge is 2.24. The van der Waals surface area contributed by atoms with Crippen LogP contribution in [0.1, 0.15) is 6.42 Å². The highest BCUT2D eigenvalue weighted by molar-refractivity contribution is 6.34. The third-order valence-electron chi connectivity index (χ3n) is 3.34. The third-order valence-corrected chi connectivity index (χ3v) is 3.84. The minimum absolute atomic E-state index is 0.0494. The van der Waals surface area contributed by atoms with Crippen LogP contribution >= 0.6 is 23.2 Å². The van der Waals surface area contributed by atoms with E-state index in [1.165, 1.54) is 21.9 Å². The largest absolute Gasteiger partial charge is 0.351 e. The zero-order valence-corrected chi connectivity index (χ0v) is 13.6. The molecule has 1 aromatic heterocycles. The molecule has 124 valence electrons. The molecule has 4 amide bonds. The van der Waals surface area contributed by atoms with Gasteiger partial charge in [-0.1, -0.05) is 23.2 Å². The molecule has 3 N–H and O–H groups in total. The Morgan fingerprint density at radius 2 is 1.74 bits per heavy atom. The van der Waals surface area contributed by atoms with Gasteiger partial charge in [0.15, 0.2) is 5.15 Å². The topological polar surface area (TPSA) is 109 Å². The van der Waals surface area contributed by atoms with E-state index in [0.717, 1.165) is 0 Å². The predicted molar refractivity (Wildman–Crippen MR) is 85.2 cm³/mol. The van der Waals surface area contributed by atoms with Crippen molar-refractivity contribution >= 4 is 46.7 Å². The van der Waals surface area contributed by atoms with Gasteiger partial charge >= 0.3 is 6.03 Å². The average molecular weight is 360 g/mol. The molecule has 2 heterocycles. The van der Waals surface area contributed by atoms with E-state index in [2.05, 4.69) is 10.3 Å². The van der Waals surface area contributed by atoms with Crippen molar-refractivity contribution in [2.45, 2.75) is 6.42 Å². The fourth-order valence-electron chi connectivity index (χ4n) is 2.13. The summed E-state index contributed by atoms with van der Waals surface area (Å²) in [5.74, 6) is -0.831. The number of nitrogens with one attached hydrogen (secondary N) is 1. The maximum absolute atomic E-state index is 12.1. The predicted octanol–water partition coefficient (Wildman–Crippen LogP) is 0.940. The molecule has 0 bridgehead atoms. The molecule has 8 nitrogen and oxygen atoms in total. The smallest absolute Gasteiger partial charge is 0.314 e. The highest BCUT2D eigenvalue weighted by atomic mass is 35.5. The molecule has 2 rings (SSSR count). The Bertz CT molecular complexity index is 632. The van der Waals surface area contributed by atoms with Crippen molar-refractivity contribution in [2.75, 3.05) is 31.5 Å². The molecule has 0 radical (unpaired) electrons. The molecule has 1 aliphatic rings. The fourth-order valence-corrected chi connectivity index (χ4v) is 2.52. The number of hydrogen-bond acceptors (Lipinski definition) is 4. The van der Waals surface area contributed by atoms with Gasteiger partial charge in [0.05, 0.1) is 5.69 Å². The standard InChI is InChI=1S/C13H15Cl2N5O3/c14-9-2-1-8(12(15)18-9)17-10(21)7-11(22)19-3-5-20(6-4-19)13(16)23/h1-2H,3-7H2,(H2,16,23)(H,17,21). The lowest BCUT2D eigenvalue weighted by molar-refractivity contribution is -0.135. The quantitative estimate of drug-likeness (QED) is 0.618. The number of piperazine rings is 1. The van der Waals surface area contributed by atoms with E-state index in [4.69, 9.17) is 28.9 Å². The normalized spacial score (nSPS) is 14.5. The summed E-state index contributed by atoms with van der Waals surface area (Å²) in [7, 11) is 0. The molecule has 23 heavy (non-hydrogen) atoms. The van der Waals surface area contributed by atoms with Crippen LogP contribution in [-0.2, 0) is 9.59 Å². The van der Waals surface area contributed by atoms with E-state index >= 15 is 0 Å². The fraction of sp³-hybridized carbons (Fsp3) is 0.385. The van der Waals surface area contributed by atoms with Crippen molar-refractivity contribution in [3.63, 3.8) is 0 Å². The molecule has 10 heteroatoms. The van der Waals surface area contributed by atoms with Crippen LogP contribution in [0.2, 0.25) is 10.3 Å². The van der Waals surface area contributed by atoms with E-state index in [0.29, 0.717) is 26.2 Å². The summed E-state index contributed by atoms with van der Waals surface area (Å²) in [6, 6.07) is 2.47. The number of nitrogens with zero attached hydrogens (tertiary/aromatic N) is 3. The van der Waals surface area contributed by atoms with Crippen molar-refractivity contribution in [1.29, 1.82) is 0 Å². The van der Waals surface area contributed by atoms with Crippen LogP contribution in [0.3, 0.4) is 0 Å². The summed E-state index contributed by atoms with van der Waals surface area (Å²) in [6.07, 6.45) is -0.324. The minimum atomic E-state index is -0.514. The monoisotopic (exact) mass is 359 g/mol.